The lowest BCUT2D eigenvalue weighted by Gasteiger charge is -2.06. The van der Waals surface area contributed by atoms with Gasteiger partial charge in [-0.2, -0.15) is 0 Å². The highest BCUT2D eigenvalue weighted by Gasteiger charge is 2.19. The van der Waals surface area contributed by atoms with Crippen LogP contribution in [0.15, 0.2) is 40.1 Å². The van der Waals surface area contributed by atoms with Crippen molar-refractivity contribution in [1.29, 1.82) is 0 Å². The van der Waals surface area contributed by atoms with Gasteiger partial charge in [-0.15, -0.1) is 0 Å². The van der Waals surface area contributed by atoms with Crippen LogP contribution in [0.1, 0.15) is 46.5 Å². The lowest BCUT2D eigenvalue weighted by Crippen LogP contribution is -2.11. The summed E-state index contributed by atoms with van der Waals surface area (Å²) in [6, 6.07) is 0.654. The Labute approximate surface area is 116 Å². The minimum absolute atomic E-state index is 0.654. The van der Waals surface area contributed by atoms with Gasteiger partial charge in [0.2, 0.25) is 0 Å². The van der Waals surface area contributed by atoms with Crippen LogP contribution in [0.25, 0.3) is 0 Å². The molecule has 2 nitrogen and oxygen atoms in total. The van der Waals surface area contributed by atoms with E-state index in [-0.39, 0.29) is 0 Å². The number of allylic oxidation sites excluding steroid dienone is 4. The summed E-state index contributed by atoms with van der Waals surface area (Å²) in [5.74, 6) is 0. The molecule has 3 heteroatoms. The molecule has 0 heterocycles. The maximum Gasteiger partial charge on any atom is 0.0855 e. The average Bonchev–Trinajstić information content (AvgIpc) is 3.16. The van der Waals surface area contributed by atoms with Gasteiger partial charge < -0.3 is 5.32 Å². The van der Waals surface area contributed by atoms with Crippen LogP contribution in [0.5, 0.6) is 0 Å². The van der Waals surface area contributed by atoms with Crippen molar-refractivity contribution < 1.29 is 0 Å². The molecule has 18 heavy (non-hydrogen) atoms. The molecule has 0 aromatic carbocycles. The highest BCUT2D eigenvalue weighted by atomic mass is 35.5. The normalized spacial score (nSPS) is 18.6. The molecule has 0 aromatic heterocycles. The molecule has 0 aliphatic heterocycles. The van der Waals surface area contributed by atoms with Gasteiger partial charge in [0, 0.05) is 18.4 Å². The summed E-state index contributed by atoms with van der Waals surface area (Å²) in [7, 11) is 0. The van der Waals surface area contributed by atoms with Crippen LogP contribution in [0, 0.1) is 0 Å². The summed E-state index contributed by atoms with van der Waals surface area (Å²) in [4.78, 5) is 4.46. The Hall–Kier alpha value is -1.02. The van der Waals surface area contributed by atoms with Gasteiger partial charge in [0.05, 0.1) is 10.7 Å². The van der Waals surface area contributed by atoms with Crippen LogP contribution in [0.2, 0.25) is 0 Å². The molecule has 0 saturated heterocycles. The Morgan fingerprint density at radius 2 is 2.06 bits per heavy atom. The fourth-order valence-electron chi connectivity index (χ4n) is 1.42. The SMILES string of the molecule is CC/C=C/N=C(C(\C)=C\NC1CC1)/C(Cl)=C\CC. The zero-order valence-corrected chi connectivity index (χ0v) is 12.3. The molecule has 0 bridgehead atoms. The molecular weight excluding hydrogens is 244 g/mol. The predicted molar refractivity (Wildman–Crippen MR) is 81.0 cm³/mol. The fourth-order valence-corrected chi connectivity index (χ4v) is 1.77. The topological polar surface area (TPSA) is 24.4 Å². The quantitative estimate of drug-likeness (QED) is 0.672. The average molecular weight is 267 g/mol. The van der Waals surface area contributed by atoms with E-state index in [4.69, 9.17) is 11.6 Å². The Morgan fingerprint density at radius 3 is 2.61 bits per heavy atom. The van der Waals surface area contributed by atoms with Crippen LogP contribution in [-0.2, 0) is 0 Å². The van der Waals surface area contributed by atoms with Crippen molar-refractivity contribution in [2.75, 3.05) is 0 Å². The van der Waals surface area contributed by atoms with Crippen LogP contribution in [0.3, 0.4) is 0 Å². The first kappa shape index (κ1) is 15.0. The van der Waals surface area contributed by atoms with Crippen molar-refractivity contribution in [3.8, 4) is 0 Å². The molecule has 0 radical (unpaired) electrons. The van der Waals surface area contributed by atoms with Gasteiger partial charge in [-0.1, -0.05) is 37.6 Å². The van der Waals surface area contributed by atoms with Crippen LogP contribution in [-0.4, -0.2) is 11.8 Å². The number of halogens is 1. The van der Waals surface area contributed by atoms with E-state index in [2.05, 4.69) is 24.2 Å². The third kappa shape index (κ3) is 5.54. The molecule has 1 N–H and O–H groups in total. The minimum atomic E-state index is 0.654. The Kier molecular flexibility index (Phi) is 6.81. The van der Waals surface area contributed by atoms with Crippen molar-refractivity contribution in [3.05, 3.63) is 35.2 Å². The molecule has 0 amide bonds. The van der Waals surface area contributed by atoms with Crippen molar-refractivity contribution in [1.82, 2.24) is 5.32 Å². The Morgan fingerprint density at radius 1 is 1.33 bits per heavy atom. The Bertz CT molecular complexity index is 374. The van der Waals surface area contributed by atoms with Gasteiger partial charge in [-0.3, -0.25) is 4.99 Å². The summed E-state index contributed by atoms with van der Waals surface area (Å²) in [5, 5.41) is 4.10. The molecule has 1 fully saturated rings. The lowest BCUT2D eigenvalue weighted by atomic mass is 10.1. The van der Waals surface area contributed by atoms with E-state index in [0.717, 1.165) is 29.2 Å². The van der Waals surface area contributed by atoms with Gasteiger partial charge in [0.1, 0.15) is 0 Å². The molecule has 1 aliphatic carbocycles. The second kappa shape index (κ2) is 8.15. The monoisotopic (exact) mass is 266 g/mol. The van der Waals surface area contributed by atoms with Gasteiger partial charge in [0.15, 0.2) is 0 Å². The summed E-state index contributed by atoms with van der Waals surface area (Å²) < 4.78 is 0. The third-order valence-corrected chi connectivity index (χ3v) is 2.97. The molecule has 0 atom stereocenters. The van der Waals surface area contributed by atoms with E-state index in [9.17, 15) is 0 Å². The molecule has 0 spiro atoms. The van der Waals surface area contributed by atoms with E-state index >= 15 is 0 Å². The number of rotatable bonds is 7. The number of hydrogen-bond donors (Lipinski definition) is 1. The standard InChI is InChI=1S/C15H23ClN2/c1-4-6-10-17-15(14(16)7-5-2)12(3)11-18-13-8-9-13/h6-7,10-11,13,18H,4-5,8-9H2,1-3H3/b10-6+,12-11+,14-7+,17-15+. The summed E-state index contributed by atoms with van der Waals surface area (Å²) >= 11 is 6.28. The van der Waals surface area contributed by atoms with Crippen molar-refractivity contribution in [3.63, 3.8) is 0 Å². The molecule has 1 aliphatic rings. The van der Waals surface area contributed by atoms with E-state index in [1.807, 2.05) is 31.5 Å². The molecule has 100 valence electrons. The van der Waals surface area contributed by atoms with Crippen molar-refractivity contribution in [2.45, 2.75) is 52.5 Å². The maximum atomic E-state index is 6.28. The first-order valence-corrected chi connectivity index (χ1v) is 7.08. The summed E-state index contributed by atoms with van der Waals surface area (Å²) in [6.45, 7) is 6.20. The van der Waals surface area contributed by atoms with Gasteiger partial charge in [0.25, 0.3) is 0 Å². The van der Waals surface area contributed by atoms with Crippen molar-refractivity contribution in [2.24, 2.45) is 4.99 Å². The van der Waals surface area contributed by atoms with Crippen LogP contribution < -0.4 is 5.32 Å². The fraction of sp³-hybridized carbons (Fsp3) is 0.533. The third-order valence-electron chi connectivity index (χ3n) is 2.64. The number of hydrogen-bond acceptors (Lipinski definition) is 2. The predicted octanol–water partition coefficient (Wildman–Crippen LogP) is 4.54. The van der Waals surface area contributed by atoms with Gasteiger partial charge in [-0.25, -0.2) is 0 Å². The first-order chi connectivity index (χ1) is 8.69. The number of nitrogens with zero attached hydrogens (tertiary/aromatic N) is 1. The summed E-state index contributed by atoms with van der Waals surface area (Å²) in [5.41, 5.74) is 1.94. The Balaban J connectivity index is 2.80. The highest BCUT2D eigenvalue weighted by molar-refractivity contribution is 6.46. The largest absolute Gasteiger partial charge is 0.388 e. The van der Waals surface area contributed by atoms with Gasteiger partial charge >= 0.3 is 0 Å². The number of aliphatic imine (C=N–C) groups is 1. The number of nitrogens with one attached hydrogen (secondary N) is 1. The van der Waals surface area contributed by atoms with E-state index in [0.29, 0.717) is 6.04 Å². The maximum absolute atomic E-state index is 6.28. The molecular formula is C15H23ClN2. The molecule has 1 saturated carbocycles. The molecule has 0 unspecified atom stereocenters. The second-order valence-electron chi connectivity index (χ2n) is 4.50. The smallest absolute Gasteiger partial charge is 0.0855 e. The molecule has 1 rings (SSSR count). The van der Waals surface area contributed by atoms with E-state index in [1.165, 1.54) is 12.8 Å². The first-order valence-electron chi connectivity index (χ1n) is 6.71. The summed E-state index contributed by atoms with van der Waals surface area (Å²) in [6.07, 6.45) is 12.3. The molecule has 0 aromatic rings. The van der Waals surface area contributed by atoms with E-state index in [1.54, 1.807) is 0 Å². The second-order valence-corrected chi connectivity index (χ2v) is 4.91. The van der Waals surface area contributed by atoms with E-state index < -0.39 is 0 Å². The minimum Gasteiger partial charge on any atom is -0.388 e. The zero-order chi connectivity index (χ0) is 13.4. The zero-order valence-electron chi connectivity index (χ0n) is 11.5. The van der Waals surface area contributed by atoms with Crippen LogP contribution in [0.4, 0.5) is 0 Å². The van der Waals surface area contributed by atoms with Gasteiger partial charge in [-0.05, 0) is 38.2 Å². The van der Waals surface area contributed by atoms with Crippen LogP contribution >= 0.6 is 11.6 Å². The highest BCUT2D eigenvalue weighted by Crippen LogP contribution is 2.19. The van der Waals surface area contributed by atoms with Crippen molar-refractivity contribution >= 4 is 17.3 Å². The lowest BCUT2D eigenvalue weighted by molar-refractivity contribution is 0.858.